The first-order chi connectivity index (χ1) is 10.9. The number of rotatable bonds is 5. The molecule has 23 heavy (non-hydrogen) atoms. The van der Waals surface area contributed by atoms with Crippen molar-refractivity contribution in [1.29, 1.82) is 5.26 Å². The fourth-order valence-corrected chi connectivity index (χ4v) is 2.52. The number of carboxylic acids is 1. The van der Waals surface area contributed by atoms with Crippen LogP contribution in [0.25, 0.3) is 0 Å². The smallest absolute Gasteiger partial charge is 0.326 e. The number of nitrogens with one attached hydrogen (secondary N) is 1. The Morgan fingerprint density at radius 3 is 2.70 bits per heavy atom. The van der Waals surface area contributed by atoms with Gasteiger partial charge in [-0.15, -0.1) is 0 Å². The number of carbonyl (C=O) groups excluding carboxylic acids is 1. The van der Waals surface area contributed by atoms with E-state index in [1.54, 1.807) is 13.8 Å². The summed E-state index contributed by atoms with van der Waals surface area (Å²) in [6, 6.07) is 8.62. The Morgan fingerprint density at radius 2 is 2.09 bits per heavy atom. The summed E-state index contributed by atoms with van der Waals surface area (Å²) in [6.45, 7) is 4.08. The molecule has 0 aromatic heterocycles. The van der Waals surface area contributed by atoms with Gasteiger partial charge in [-0.25, -0.2) is 4.79 Å². The quantitative estimate of drug-likeness (QED) is 0.637. The third kappa shape index (κ3) is 3.69. The van der Waals surface area contributed by atoms with Crippen molar-refractivity contribution in [2.75, 3.05) is 11.4 Å². The van der Waals surface area contributed by atoms with E-state index in [2.05, 4.69) is 5.32 Å². The number of carboxylic acid groups (broad SMARTS) is 1. The molecule has 6 nitrogen and oxygen atoms in total. The Morgan fingerprint density at radius 1 is 1.39 bits per heavy atom. The van der Waals surface area contributed by atoms with Crippen molar-refractivity contribution >= 4 is 17.6 Å². The van der Waals surface area contributed by atoms with Crippen LogP contribution in [0.2, 0.25) is 0 Å². The van der Waals surface area contributed by atoms with Crippen molar-refractivity contribution < 1.29 is 14.7 Å². The maximum Gasteiger partial charge on any atom is 0.326 e. The molecule has 2 rings (SSSR count). The van der Waals surface area contributed by atoms with Gasteiger partial charge in [0.05, 0.1) is 0 Å². The summed E-state index contributed by atoms with van der Waals surface area (Å²) >= 11 is 0. The molecular formula is C17H19N3O3. The molecule has 0 aliphatic carbocycles. The van der Waals surface area contributed by atoms with Gasteiger partial charge in [-0.05, 0) is 24.0 Å². The summed E-state index contributed by atoms with van der Waals surface area (Å²) in [5, 5.41) is 20.8. The van der Waals surface area contributed by atoms with Crippen LogP contribution in [-0.4, -0.2) is 29.6 Å². The van der Waals surface area contributed by atoms with E-state index in [4.69, 9.17) is 5.11 Å². The first kappa shape index (κ1) is 16.6. The van der Waals surface area contributed by atoms with Gasteiger partial charge in [0.2, 0.25) is 0 Å². The molecule has 1 aliphatic heterocycles. The van der Waals surface area contributed by atoms with Gasteiger partial charge in [0.25, 0.3) is 5.91 Å². The number of hydrogen-bond donors (Lipinski definition) is 2. The van der Waals surface area contributed by atoms with Crippen LogP contribution in [0, 0.1) is 17.2 Å². The van der Waals surface area contributed by atoms with Gasteiger partial charge in [-0.3, -0.25) is 4.79 Å². The van der Waals surface area contributed by atoms with Crippen LogP contribution in [0.15, 0.2) is 36.0 Å². The molecule has 2 N–H and O–H groups in total. The average Bonchev–Trinajstić information content (AvgIpc) is 2.92. The Hall–Kier alpha value is -2.81. The molecule has 1 amide bonds. The Kier molecular flexibility index (Phi) is 5.02. The number of carbonyl (C=O) groups is 2. The van der Waals surface area contributed by atoms with Gasteiger partial charge in [-0.2, -0.15) is 5.26 Å². The van der Waals surface area contributed by atoms with Crippen LogP contribution in [0.4, 0.5) is 5.69 Å². The lowest BCUT2D eigenvalue weighted by molar-refractivity contribution is -0.142. The molecule has 0 bridgehead atoms. The minimum absolute atomic E-state index is 0.103. The van der Waals surface area contributed by atoms with Crippen molar-refractivity contribution in [1.82, 2.24) is 5.32 Å². The lowest BCUT2D eigenvalue weighted by Gasteiger charge is -2.19. The van der Waals surface area contributed by atoms with Crippen molar-refractivity contribution in [3.8, 4) is 6.07 Å². The molecule has 1 heterocycles. The third-order valence-corrected chi connectivity index (χ3v) is 3.79. The summed E-state index contributed by atoms with van der Waals surface area (Å²) in [4.78, 5) is 25.2. The standard InChI is InChI=1S/C17H19N3O3/c1-11(2)15(17(22)23)19-16(21)13(9-18)10-20-8-7-12-5-3-4-6-14(12)20/h3-6,10-11,15H,7-8H2,1-2H3,(H,19,21)(H,22,23)/b13-10-. The average molecular weight is 313 g/mol. The number of fused-ring (bicyclic) bond motifs is 1. The second kappa shape index (κ2) is 6.97. The monoisotopic (exact) mass is 313 g/mol. The summed E-state index contributed by atoms with van der Waals surface area (Å²) in [7, 11) is 0. The van der Waals surface area contributed by atoms with E-state index < -0.39 is 17.9 Å². The number of anilines is 1. The number of nitrogens with zero attached hydrogens (tertiary/aromatic N) is 2. The number of amides is 1. The maximum atomic E-state index is 12.2. The molecule has 0 saturated carbocycles. The van der Waals surface area contributed by atoms with Crippen molar-refractivity contribution in [3.63, 3.8) is 0 Å². The van der Waals surface area contributed by atoms with Crippen LogP contribution in [0.1, 0.15) is 19.4 Å². The third-order valence-electron chi connectivity index (χ3n) is 3.79. The van der Waals surface area contributed by atoms with Gasteiger partial charge < -0.3 is 15.3 Å². The first-order valence-electron chi connectivity index (χ1n) is 7.44. The van der Waals surface area contributed by atoms with Gasteiger partial charge in [0.15, 0.2) is 0 Å². The van der Waals surface area contributed by atoms with Gasteiger partial charge in [0.1, 0.15) is 17.7 Å². The van der Waals surface area contributed by atoms with Crippen LogP contribution >= 0.6 is 0 Å². The molecule has 120 valence electrons. The van der Waals surface area contributed by atoms with Crippen molar-refractivity contribution in [2.45, 2.75) is 26.3 Å². The molecule has 1 atom stereocenters. The highest BCUT2D eigenvalue weighted by Crippen LogP contribution is 2.28. The first-order valence-corrected chi connectivity index (χ1v) is 7.44. The number of benzene rings is 1. The SMILES string of the molecule is CC(C)C(NC(=O)/C(C#N)=C\N1CCc2ccccc21)C(=O)O. The van der Waals surface area contributed by atoms with Crippen LogP contribution in [0.5, 0.6) is 0 Å². The van der Waals surface area contributed by atoms with Crippen LogP contribution in [-0.2, 0) is 16.0 Å². The fraction of sp³-hybridized carbons (Fsp3) is 0.353. The van der Waals surface area contributed by atoms with E-state index in [9.17, 15) is 14.9 Å². The topological polar surface area (TPSA) is 93.4 Å². The van der Waals surface area contributed by atoms with E-state index in [0.717, 1.165) is 17.7 Å². The van der Waals surface area contributed by atoms with Crippen LogP contribution < -0.4 is 10.2 Å². The number of nitriles is 1. The lowest BCUT2D eigenvalue weighted by Crippen LogP contribution is -2.45. The zero-order chi connectivity index (χ0) is 17.0. The highest BCUT2D eigenvalue weighted by molar-refractivity contribution is 5.99. The van der Waals surface area contributed by atoms with Crippen LogP contribution in [0.3, 0.4) is 0 Å². The highest BCUT2D eigenvalue weighted by atomic mass is 16.4. The highest BCUT2D eigenvalue weighted by Gasteiger charge is 2.26. The number of para-hydroxylation sites is 1. The molecule has 6 heteroatoms. The van der Waals surface area contributed by atoms with Gasteiger partial charge >= 0.3 is 5.97 Å². The molecule has 1 aliphatic rings. The largest absolute Gasteiger partial charge is 0.480 e. The van der Waals surface area contributed by atoms with E-state index in [-0.39, 0.29) is 11.5 Å². The van der Waals surface area contributed by atoms with Gasteiger partial charge in [-0.1, -0.05) is 32.0 Å². The summed E-state index contributed by atoms with van der Waals surface area (Å²) < 4.78 is 0. The predicted molar refractivity (Wildman–Crippen MR) is 85.6 cm³/mol. The van der Waals surface area contributed by atoms with E-state index >= 15 is 0 Å². The Balaban J connectivity index is 2.18. The zero-order valence-electron chi connectivity index (χ0n) is 13.1. The molecule has 0 saturated heterocycles. The van der Waals surface area contributed by atoms with Crippen molar-refractivity contribution in [3.05, 3.63) is 41.6 Å². The molecule has 1 aromatic carbocycles. The molecule has 0 radical (unpaired) electrons. The molecule has 1 aromatic rings. The van der Waals surface area contributed by atoms with E-state index in [1.165, 1.54) is 6.20 Å². The normalized spacial score (nSPS) is 15.0. The predicted octanol–water partition coefficient (Wildman–Crippen LogP) is 1.68. The second-order valence-electron chi connectivity index (χ2n) is 5.76. The number of aliphatic carboxylic acids is 1. The summed E-state index contributed by atoms with van der Waals surface area (Å²) in [6.07, 6.45) is 2.33. The maximum absolute atomic E-state index is 12.2. The fourth-order valence-electron chi connectivity index (χ4n) is 2.52. The van der Waals surface area contributed by atoms with E-state index in [1.807, 2.05) is 35.2 Å². The number of hydrogen-bond acceptors (Lipinski definition) is 4. The minimum atomic E-state index is -1.11. The zero-order valence-corrected chi connectivity index (χ0v) is 13.1. The molecular weight excluding hydrogens is 294 g/mol. The lowest BCUT2D eigenvalue weighted by atomic mass is 10.0. The second-order valence-corrected chi connectivity index (χ2v) is 5.76. The Bertz CT molecular complexity index is 689. The summed E-state index contributed by atoms with van der Waals surface area (Å²) in [5.74, 6) is -2.06. The van der Waals surface area contributed by atoms with Gasteiger partial charge in [0, 0.05) is 18.4 Å². The molecule has 0 fully saturated rings. The van der Waals surface area contributed by atoms with E-state index in [0.29, 0.717) is 6.54 Å². The molecule has 1 unspecified atom stereocenters. The molecule has 0 spiro atoms. The van der Waals surface area contributed by atoms with Crippen molar-refractivity contribution in [2.24, 2.45) is 5.92 Å². The summed E-state index contributed by atoms with van der Waals surface area (Å²) in [5.41, 5.74) is 2.02. The minimum Gasteiger partial charge on any atom is -0.480 e. The Labute approximate surface area is 135 Å².